The second kappa shape index (κ2) is 6.92. The van der Waals surface area contributed by atoms with E-state index in [2.05, 4.69) is 5.32 Å². The minimum Gasteiger partial charge on any atom is -0.497 e. The Bertz CT molecular complexity index is 526. The van der Waals surface area contributed by atoms with Crippen LogP contribution in [0.3, 0.4) is 0 Å². The van der Waals surface area contributed by atoms with Crippen LogP contribution in [0.15, 0.2) is 30.3 Å². The van der Waals surface area contributed by atoms with Gasteiger partial charge in [0.15, 0.2) is 0 Å². The van der Waals surface area contributed by atoms with Crippen LogP contribution in [0.4, 0.5) is 0 Å². The summed E-state index contributed by atoms with van der Waals surface area (Å²) in [5.41, 5.74) is 0.267. The first-order valence-corrected chi connectivity index (χ1v) is 6.59. The lowest BCUT2D eigenvalue weighted by Crippen LogP contribution is -2.48. The second-order valence-corrected chi connectivity index (χ2v) is 5.75. The minimum atomic E-state index is -1.05. The average molecular weight is 291 g/mol. The van der Waals surface area contributed by atoms with Crippen molar-refractivity contribution in [2.45, 2.75) is 26.8 Å². The fourth-order valence-corrected chi connectivity index (χ4v) is 1.73. The molecule has 0 aliphatic carbocycles. The van der Waals surface area contributed by atoms with Crippen molar-refractivity contribution in [3.63, 3.8) is 0 Å². The maximum Gasteiger partial charge on any atom is 0.326 e. The Morgan fingerprint density at radius 1 is 1.24 bits per heavy atom. The highest BCUT2D eigenvalue weighted by Crippen LogP contribution is 2.19. The molecule has 0 aromatic heterocycles. The average Bonchev–Trinajstić information content (AvgIpc) is 2.41. The Balaban J connectivity index is 2.71. The second-order valence-electron chi connectivity index (χ2n) is 5.75. The van der Waals surface area contributed by atoms with Gasteiger partial charge in [0.25, 0.3) is 0 Å². The Labute approximate surface area is 124 Å². The summed E-state index contributed by atoms with van der Waals surface area (Å²) in [5, 5.41) is 11.6. The Morgan fingerprint density at radius 2 is 1.81 bits per heavy atom. The predicted molar refractivity (Wildman–Crippen MR) is 81.0 cm³/mol. The zero-order valence-corrected chi connectivity index (χ0v) is 12.7. The van der Waals surface area contributed by atoms with E-state index in [9.17, 15) is 9.59 Å². The van der Waals surface area contributed by atoms with Gasteiger partial charge < -0.3 is 15.2 Å². The largest absolute Gasteiger partial charge is 0.497 e. The van der Waals surface area contributed by atoms with E-state index in [1.807, 2.05) is 0 Å². The number of hydrogen-bond donors (Lipinski definition) is 2. The molecule has 0 aliphatic heterocycles. The summed E-state index contributed by atoms with van der Waals surface area (Å²) in [5.74, 6) is -0.753. The lowest BCUT2D eigenvalue weighted by Gasteiger charge is -2.27. The number of carbonyl (C=O) groups excluding carboxylic acids is 1. The fourth-order valence-electron chi connectivity index (χ4n) is 1.73. The Hall–Kier alpha value is -2.30. The molecular weight excluding hydrogens is 270 g/mol. The lowest BCUT2D eigenvalue weighted by molar-refractivity contribution is -0.144. The molecular formula is C16H21NO4. The molecule has 0 bridgehead atoms. The Kier molecular flexibility index (Phi) is 5.52. The van der Waals surface area contributed by atoms with Crippen LogP contribution in [0.1, 0.15) is 26.3 Å². The molecule has 1 amide bonds. The van der Waals surface area contributed by atoms with Crippen molar-refractivity contribution in [2.75, 3.05) is 7.11 Å². The monoisotopic (exact) mass is 291 g/mol. The van der Waals surface area contributed by atoms with Gasteiger partial charge in [0.2, 0.25) is 5.91 Å². The maximum atomic E-state index is 11.8. The number of hydrogen-bond acceptors (Lipinski definition) is 3. The first-order chi connectivity index (χ1) is 9.74. The fraction of sp³-hybridized carbons (Fsp3) is 0.375. The number of benzene rings is 1. The van der Waals surface area contributed by atoms with E-state index in [0.717, 1.165) is 11.3 Å². The van der Waals surface area contributed by atoms with Gasteiger partial charge in [0.1, 0.15) is 11.8 Å². The molecule has 0 radical (unpaired) electrons. The number of aliphatic carboxylic acids is 1. The molecule has 0 saturated heterocycles. The lowest BCUT2D eigenvalue weighted by atomic mass is 9.87. The zero-order chi connectivity index (χ0) is 16.0. The smallest absolute Gasteiger partial charge is 0.326 e. The van der Waals surface area contributed by atoms with Crippen molar-refractivity contribution in [2.24, 2.45) is 5.41 Å². The van der Waals surface area contributed by atoms with Crippen LogP contribution in [0.5, 0.6) is 5.75 Å². The number of nitrogens with one attached hydrogen (secondary N) is 1. The summed E-state index contributed by atoms with van der Waals surface area (Å²) in [6.45, 7) is 5.29. The van der Waals surface area contributed by atoms with Crippen LogP contribution >= 0.6 is 0 Å². The molecule has 21 heavy (non-hydrogen) atoms. The summed E-state index contributed by atoms with van der Waals surface area (Å²) in [6, 6.07) is 6.24. The van der Waals surface area contributed by atoms with Crippen molar-refractivity contribution >= 4 is 18.0 Å². The standard InChI is InChI=1S/C16H21NO4/c1-16(2,3)14(15(19)20)17-13(18)10-7-11-5-8-12(21-4)9-6-11/h5-10,14H,1-4H3,(H,17,18)(H,19,20)/b10-7+. The van der Waals surface area contributed by atoms with E-state index in [4.69, 9.17) is 9.84 Å². The number of carbonyl (C=O) groups is 2. The maximum absolute atomic E-state index is 11.8. The van der Waals surface area contributed by atoms with Crippen LogP contribution in [0, 0.1) is 5.41 Å². The van der Waals surface area contributed by atoms with Crippen LogP contribution in [0.2, 0.25) is 0 Å². The third kappa shape index (κ3) is 5.30. The minimum absolute atomic E-state index is 0.437. The number of ether oxygens (including phenoxy) is 1. The van der Waals surface area contributed by atoms with E-state index in [1.165, 1.54) is 6.08 Å². The first kappa shape index (κ1) is 16.8. The van der Waals surface area contributed by atoms with Gasteiger partial charge in [-0.3, -0.25) is 4.79 Å². The quantitative estimate of drug-likeness (QED) is 0.816. The molecule has 0 spiro atoms. The highest BCUT2D eigenvalue weighted by atomic mass is 16.5. The van der Waals surface area contributed by atoms with Crippen molar-refractivity contribution in [1.82, 2.24) is 5.32 Å². The summed E-state index contributed by atoms with van der Waals surface area (Å²) in [6.07, 6.45) is 2.94. The molecule has 2 N–H and O–H groups in total. The molecule has 1 aromatic carbocycles. The summed E-state index contributed by atoms with van der Waals surface area (Å²) >= 11 is 0. The zero-order valence-electron chi connectivity index (χ0n) is 12.7. The van der Waals surface area contributed by atoms with Crippen molar-refractivity contribution in [3.05, 3.63) is 35.9 Å². The summed E-state index contributed by atoms with van der Waals surface area (Å²) in [4.78, 5) is 23.0. The third-order valence-electron chi connectivity index (χ3n) is 2.94. The molecule has 0 heterocycles. The van der Waals surface area contributed by atoms with Gasteiger partial charge in [-0.25, -0.2) is 4.79 Å². The molecule has 0 saturated carbocycles. The molecule has 0 aliphatic rings. The van der Waals surface area contributed by atoms with Gasteiger partial charge >= 0.3 is 5.97 Å². The van der Waals surface area contributed by atoms with Gasteiger partial charge in [0, 0.05) is 6.08 Å². The number of carboxylic acids is 1. The van der Waals surface area contributed by atoms with Crippen molar-refractivity contribution in [1.29, 1.82) is 0 Å². The molecule has 1 rings (SSSR count). The Morgan fingerprint density at radius 3 is 2.24 bits per heavy atom. The van der Waals surface area contributed by atoms with Gasteiger partial charge in [-0.1, -0.05) is 32.9 Å². The number of rotatable bonds is 5. The highest BCUT2D eigenvalue weighted by molar-refractivity contribution is 5.94. The van der Waals surface area contributed by atoms with E-state index >= 15 is 0 Å². The van der Waals surface area contributed by atoms with Gasteiger partial charge in [-0.2, -0.15) is 0 Å². The SMILES string of the molecule is COc1ccc(/C=C/C(=O)NC(C(=O)O)C(C)(C)C)cc1. The molecule has 5 heteroatoms. The summed E-state index contributed by atoms with van der Waals surface area (Å²) < 4.78 is 5.04. The molecule has 1 unspecified atom stereocenters. The van der Waals surface area contributed by atoms with Crippen molar-refractivity contribution in [3.8, 4) is 5.75 Å². The van der Waals surface area contributed by atoms with Crippen LogP contribution < -0.4 is 10.1 Å². The predicted octanol–water partition coefficient (Wildman–Crippen LogP) is 2.32. The molecule has 1 atom stereocenters. The molecule has 114 valence electrons. The third-order valence-corrected chi connectivity index (χ3v) is 2.94. The first-order valence-electron chi connectivity index (χ1n) is 6.59. The van der Waals surface area contributed by atoms with Crippen LogP contribution in [0.25, 0.3) is 6.08 Å². The molecule has 0 fully saturated rings. The number of carboxylic acid groups (broad SMARTS) is 1. The van der Waals surface area contributed by atoms with E-state index < -0.39 is 23.3 Å². The van der Waals surface area contributed by atoms with Crippen molar-refractivity contribution < 1.29 is 19.4 Å². The van der Waals surface area contributed by atoms with Gasteiger partial charge in [-0.05, 0) is 29.2 Å². The highest BCUT2D eigenvalue weighted by Gasteiger charge is 2.31. The van der Waals surface area contributed by atoms with E-state index in [1.54, 1.807) is 58.2 Å². The topological polar surface area (TPSA) is 75.6 Å². The number of amides is 1. The normalized spacial score (nSPS) is 13.0. The van der Waals surface area contributed by atoms with E-state index in [-0.39, 0.29) is 0 Å². The van der Waals surface area contributed by atoms with Gasteiger partial charge in [0.05, 0.1) is 7.11 Å². The summed E-state index contributed by atoms with van der Waals surface area (Å²) in [7, 11) is 1.58. The van der Waals surface area contributed by atoms with Gasteiger partial charge in [-0.15, -0.1) is 0 Å². The van der Waals surface area contributed by atoms with Crippen LogP contribution in [-0.4, -0.2) is 30.1 Å². The number of methoxy groups -OCH3 is 1. The molecule has 5 nitrogen and oxygen atoms in total. The van der Waals surface area contributed by atoms with Crippen LogP contribution in [-0.2, 0) is 9.59 Å². The van der Waals surface area contributed by atoms with E-state index in [0.29, 0.717) is 0 Å². The molecule has 1 aromatic rings.